The molecule has 0 spiro atoms. The lowest BCUT2D eigenvalue weighted by molar-refractivity contribution is -0.123. The van der Waals surface area contributed by atoms with E-state index in [1.807, 2.05) is 30.3 Å². The first-order valence-electron chi connectivity index (χ1n) is 7.51. The SMILES string of the molecule is O=C1CC[C@@H](NC(=O)c2nccc(Cl)c2F)[C@H](c2ccccc2)N1. The van der Waals surface area contributed by atoms with Crippen LogP contribution in [0.4, 0.5) is 4.39 Å². The Bertz CT molecular complexity index is 770. The molecule has 1 aliphatic heterocycles. The second kappa shape index (κ2) is 6.97. The summed E-state index contributed by atoms with van der Waals surface area (Å²) in [5.41, 5.74) is 0.515. The van der Waals surface area contributed by atoms with Gasteiger partial charge in [0.25, 0.3) is 5.91 Å². The molecule has 1 aliphatic rings. The minimum Gasteiger partial charge on any atom is -0.347 e. The van der Waals surface area contributed by atoms with Gasteiger partial charge in [-0.3, -0.25) is 9.59 Å². The number of hydrogen-bond donors (Lipinski definition) is 2. The first-order chi connectivity index (χ1) is 11.6. The van der Waals surface area contributed by atoms with Crippen LogP contribution in [-0.2, 0) is 4.79 Å². The Morgan fingerprint density at radius 2 is 2.04 bits per heavy atom. The van der Waals surface area contributed by atoms with Crippen LogP contribution in [-0.4, -0.2) is 22.8 Å². The summed E-state index contributed by atoms with van der Waals surface area (Å²) in [4.78, 5) is 27.9. The molecule has 0 saturated carbocycles. The molecule has 1 fully saturated rings. The standard InChI is InChI=1S/C17H15ClFN3O2/c18-11-8-9-20-16(14(11)19)17(24)21-12-6-7-13(23)22-15(12)10-4-2-1-3-5-10/h1-5,8-9,12,15H,6-7H2,(H,21,24)(H,22,23)/t12-,15+/m1/s1. The van der Waals surface area contributed by atoms with Crippen LogP contribution in [0.5, 0.6) is 0 Å². The van der Waals surface area contributed by atoms with Gasteiger partial charge in [-0.25, -0.2) is 9.37 Å². The lowest BCUT2D eigenvalue weighted by atomic mass is 9.92. The lowest BCUT2D eigenvalue weighted by Gasteiger charge is -2.33. The lowest BCUT2D eigenvalue weighted by Crippen LogP contribution is -2.50. The van der Waals surface area contributed by atoms with Crippen molar-refractivity contribution in [3.63, 3.8) is 0 Å². The van der Waals surface area contributed by atoms with Gasteiger partial charge in [0.05, 0.1) is 17.1 Å². The molecule has 24 heavy (non-hydrogen) atoms. The zero-order valence-electron chi connectivity index (χ0n) is 12.6. The highest BCUT2D eigenvalue weighted by atomic mass is 35.5. The van der Waals surface area contributed by atoms with E-state index < -0.39 is 11.7 Å². The second-order valence-corrected chi connectivity index (χ2v) is 5.94. The smallest absolute Gasteiger partial charge is 0.273 e. The number of piperidine rings is 1. The summed E-state index contributed by atoms with van der Waals surface area (Å²) in [6, 6.07) is 9.85. The van der Waals surface area contributed by atoms with Gasteiger partial charge in [-0.2, -0.15) is 0 Å². The van der Waals surface area contributed by atoms with Crippen molar-refractivity contribution in [2.45, 2.75) is 24.9 Å². The quantitative estimate of drug-likeness (QED) is 0.896. The van der Waals surface area contributed by atoms with Crippen molar-refractivity contribution < 1.29 is 14.0 Å². The summed E-state index contributed by atoms with van der Waals surface area (Å²) in [5.74, 6) is -1.59. The van der Waals surface area contributed by atoms with E-state index in [0.29, 0.717) is 12.8 Å². The highest BCUT2D eigenvalue weighted by Gasteiger charge is 2.32. The van der Waals surface area contributed by atoms with E-state index >= 15 is 0 Å². The molecule has 2 N–H and O–H groups in total. The molecule has 2 heterocycles. The predicted octanol–water partition coefficient (Wildman–Crippen LogP) is 2.62. The monoisotopic (exact) mass is 347 g/mol. The van der Waals surface area contributed by atoms with Gasteiger partial charge >= 0.3 is 0 Å². The van der Waals surface area contributed by atoms with E-state index in [0.717, 1.165) is 5.56 Å². The van der Waals surface area contributed by atoms with E-state index in [4.69, 9.17) is 11.6 Å². The third-order valence-corrected chi connectivity index (χ3v) is 4.23. The average Bonchev–Trinajstić information content (AvgIpc) is 2.59. The Morgan fingerprint density at radius 1 is 1.29 bits per heavy atom. The fraction of sp³-hybridized carbons (Fsp3) is 0.235. The number of nitrogens with one attached hydrogen (secondary N) is 2. The van der Waals surface area contributed by atoms with E-state index in [1.165, 1.54) is 12.3 Å². The molecule has 3 rings (SSSR count). The fourth-order valence-electron chi connectivity index (χ4n) is 2.75. The molecule has 2 atom stereocenters. The molecule has 5 nitrogen and oxygen atoms in total. The maximum absolute atomic E-state index is 14.0. The number of carbonyl (C=O) groups is 2. The zero-order valence-corrected chi connectivity index (χ0v) is 13.4. The van der Waals surface area contributed by atoms with Gasteiger partial charge in [0.15, 0.2) is 11.5 Å². The van der Waals surface area contributed by atoms with Gasteiger partial charge in [-0.15, -0.1) is 0 Å². The number of halogens is 2. The van der Waals surface area contributed by atoms with Crippen molar-refractivity contribution in [1.29, 1.82) is 0 Å². The van der Waals surface area contributed by atoms with Crippen LogP contribution in [0.3, 0.4) is 0 Å². The first kappa shape index (κ1) is 16.4. The van der Waals surface area contributed by atoms with Gasteiger partial charge in [0.2, 0.25) is 5.91 Å². The van der Waals surface area contributed by atoms with Crippen molar-refractivity contribution in [2.75, 3.05) is 0 Å². The Hall–Kier alpha value is -2.47. The van der Waals surface area contributed by atoms with Crippen LogP contribution in [0.2, 0.25) is 5.02 Å². The van der Waals surface area contributed by atoms with Crippen LogP contribution >= 0.6 is 11.6 Å². The fourth-order valence-corrected chi connectivity index (χ4v) is 2.89. The number of aromatic nitrogens is 1. The molecular weight excluding hydrogens is 333 g/mol. The molecule has 0 aliphatic carbocycles. The van der Waals surface area contributed by atoms with Crippen molar-refractivity contribution in [1.82, 2.24) is 15.6 Å². The van der Waals surface area contributed by atoms with E-state index in [9.17, 15) is 14.0 Å². The van der Waals surface area contributed by atoms with Crippen LogP contribution in [0.25, 0.3) is 0 Å². The van der Waals surface area contributed by atoms with Crippen molar-refractivity contribution in [3.05, 3.63) is 64.7 Å². The number of benzene rings is 1. The molecule has 2 amide bonds. The number of nitrogens with zero attached hydrogens (tertiary/aromatic N) is 1. The highest BCUT2D eigenvalue weighted by molar-refractivity contribution is 6.31. The number of hydrogen-bond acceptors (Lipinski definition) is 3. The molecule has 0 bridgehead atoms. The number of pyridine rings is 1. The molecule has 1 aromatic carbocycles. The van der Waals surface area contributed by atoms with Gasteiger partial charge in [-0.05, 0) is 18.1 Å². The Labute approximate surface area is 143 Å². The number of carbonyl (C=O) groups excluding carboxylic acids is 2. The van der Waals surface area contributed by atoms with E-state index in [2.05, 4.69) is 15.6 Å². The predicted molar refractivity (Wildman–Crippen MR) is 87.0 cm³/mol. The summed E-state index contributed by atoms with van der Waals surface area (Å²) in [6.07, 6.45) is 2.02. The summed E-state index contributed by atoms with van der Waals surface area (Å²) in [6.45, 7) is 0. The minimum atomic E-state index is -0.854. The normalized spacial score (nSPS) is 20.3. The Kier molecular flexibility index (Phi) is 4.76. The maximum Gasteiger partial charge on any atom is 0.273 e. The number of amides is 2. The topological polar surface area (TPSA) is 71.1 Å². The maximum atomic E-state index is 14.0. The highest BCUT2D eigenvalue weighted by Crippen LogP contribution is 2.25. The molecule has 2 aromatic rings. The van der Waals surface area contributed by atoms with Crippen LogP contribution in [0.1, 0.15) is 34.9 Å². The Balaban J connectivity index is 1.82. The van der Waals surface area contributed by atoms with Crippen molar-refractivity contribution in [3.8, 4) is 0 Å². The van der Waals surface area contributed by atoms with E-state index in [1.54, 1.807) is 0 Å². The molecule has 1 saturated heterocycles. The average molecular weight is 348 g/mol. The van der Waals surface area contributed by atoms with Crippen LogP contribution in [0, 0.1) is 5.82 Å². The molecule has 124 valence electrons. The van der Waals surface area contributed by atoms with Crippen molar-refractivity contribution >= 4 is 23.4 Å². The summed E-state index contributed by atoms with van der Waals surface area (Å²) in [5, 5.41) is 5.47. The van der Waals surface area contributed by atoms with Gasteiger partial charge < -0.3 is 10.6 Å². The molecule has 7 heteroatoms. The minimum absolute atomic E-state index is 0.0820. The van der Waals surface area contributed by atoms with Crippen LogP contribution < -0.4 is 10.6 Å². The van der Waals surface area contributed by atoms with E-state index in [-0.39, 0.29) is 28.7 Å². The van der Waals surface area contributed by atoms with Crippen LogP contribution in [0.15, 0.2) is 42.6 Å². The van der Waals surface area contributed by atoms with Crippen molar-refractivity contribution in [2.24, 2.45) is 0 Å². The molecule has 0 unspecified atom stereocenters. The third-order valence-electron chi connectivity index (χ3n) is 3.93. The largest absolute Gasteiger partial charge is 0.347 e. The molecular formula is C17H15ClFN3O2. The summed E-state index contributed by atoms with van der Waals surface area (Å²) >= 11 is 5.69. The zero-order chi connectivity index (χ0) is 17.1. The molecule has 0 radical (unpaired) electrons. The van der Waals surface area contributed by atoms with Gasteiger partial charge in [-0.1, -0.05) is 41.9 Å². The van der Waals surface area contributed by atoms with Gasteiger partial charge in [0.1, 0.15) is 0 Å². The van der Waals surface area contributed by atoms with Gasteiger partial charge in [0, 0.05) is 12.6 Å². The third kappa shape index (κ3) is 3.38. The number of rotatable bonds is 3. The first-order valence-corrected chi connectivity index (χ1v) is 7.89. The Morgan fingerprint density at radius 3 is 2.79 bits per heavy atom. The summed E-state index contributed by atoms with van der Waals surface area (Å²) in [7, 11) is 0. The molecule has 1 aromatic heterocycles. The summed E-state index contributed by atoms with van der Waals surface area (Å²) < 4.78 is 14.0. The second-order valence-electron chi connectivity index (χ2n) is 5.53.